The number of H-pyrrole nitrogens is 1. The number of halogens is 1. The van der Waals surface area contributed by atoms with Crippen LogP contribution in [0.25, 0.3) is 5.65 Å². The molecular weight excluding hydrogens is 674 g/mol. The highest BCUT2D eigenvalue weighted by Gasteiger charge is 2.22. The van der Waals surface area contributed by atoms with E-state index in [-0.39, 0.29) is 21.4 Å². The third kappa shape index (κ3) is 9.66. The summed E-state index contributed by atoms with van der Waals surface area (Å²) in [4.78, 5) is 13.7. The first-order valence-electron chi connectivity index (χ1n) is 17.4. The summed E-state index contributed by atoms with van der Waals surface area (Å²) in [6.45, 7) is 4.08. The number of sulfone groups is 1. The number of aromatic amines is 1. The van der Waals surface area contributed by atoms with Crippen molar-refractivity contribution in [1.29, 1.82) is 0 Å². The Balaban J connectivity index is 1.18. The van der Waals surface area contributed by atoms with Gasteiger partial charge in [-0.05, 0) is 98.8 Å². The maximum atomic E-state index is 13.5. The van der Waals surface area contributed by atoms with Gasteiger partial charge < -0.3 is 15.2 Å². The third-order valence-electron chi connectivity index (χ3n) is 8.78. The van der Waals surface area contributed by atoms with Gasteiger partial charge in [0.25, 0.3) is 5.91 Å². The van der Waals surface area contributed by atoms with Gasteiger partial charge in [-0.2, -0.15) is 14.7 Å². The third-order valence-corrected chi connectivity index (χ3v) is 11.0. The van der Waals surface area contributed by atoms with Crippen molar-refractivity contribution in [1.82, 2.24) is 19.8 Å². The molecule has 1 amide bonds. The van der Waals surface area contributed by atoms with Crippen LogP contribution in [0.4, 0.5) is 5.69 Å². The Kier molecular flexibility index (Phi) is 12.9. The number of nitrogens with one attached hydrogen (secondary N) is 2. The van der Waals surface area contributed by atoms with E-state index >= 15 is 0 Å². The molecule has 1 atom stereocenters. The summed E-state index contributed by atoms with van der Waals surface area (Å²) in [5.41, 5.74) is 3.28. The predicted molar refractivity (Wildman–Crippen MR) is 196 cm³/mol. The minimum Gasteiger partial charge on any atom is -0.508 e. The minimum atomic E-state index is -3.78. The van der Waals surface area contributed by atoms with Crippen LogP contribution in [-0.2, 0) is 27.5 Å². The van der Waals surface area contributed by atoms with E-state index in [1.807, 2.05) is 31.2 Å². The van der Waals surface area contributed by atoms with Gasteiger partial charge in [-0.3, -0.25) is 9.89 Å². The number of aromatic nitrogens is 4. The number of unbranched alkanes of at least 4 members (excludes halogenated alkanes) is 7. The molecular formula is C38H46ClN5O5S. The number of hydrogen-bond acceptors (Lipinski definition) is 7. The smallest absolute Gasteiger partial charge is 0.265 e. The fraction of sp³-hybridized carbons (Fsp3) is 0.395. The van der Waals surface area contributed by atoms with Crippen molar-refractivity contribution in [3.63, 3.8) is 0 Å². The average molecular weight is 720 g/mol. The van der Waals surface area contributed by atoms with Crippen LogP contribution in [0.15, 0.2) is 82.6 Å². The largest absolute Gasteiger partial charge is 0.508 e. The van der Waals surface area contributed by atoms with Gasteiger partial charge >= 0.3 is 0 Å². The molecule has 0 bridgehead atoms. The van der Waals surface area contributed by atoms with E-state index in [2.05, 4.69) is 27.5 Å². The first-order chi connectivity index (χ1) is 24.2. The van der Waals surface area contributed by atoms with Crippen molar-refractivity contribution in [2.75, 3.05) is 5.32 Å². The SMILES string of the molecule is CCCCCCCCCCC(Oc1ccc(S(=O)(=O)c2ccc(O)cc2)cc1)C(=O)Nc1ccc(CCCc2n[nH]c3c(Cl)c(C)nn23)cc1. The zero-order chi connectivity index (χ0) is 35.5. The number of nitrogens with zero attached hydrogens (tertiary/aromatic N) is 3. The minimum absolute atomic E-state index is 0.0104. The second kappa shape index (κ2) is 17.5. The summed E-state index contributed by atoms with van der Waals surface area (Å²) in [7, 11) is -3.78. The molecule has 3 aromatic carbocycles. The summed E-state index contributed by atoms with van der Waals surface area (Å²) < 4.78 is 34.1. The quantitative estimate of drug-likeness (QED) is 0.0726. The molecule has 0 spiro atoms. The first kappa shape index (κ1) is 36.9. The van der Waals surface area contributed by atoms with E-state index in [1.165, 1.54) is 68.5 Å². The van der Waals surface area contributed by atoms with E-state index in [1.54, 1.807) is 16.6 Å². The molecule has 0 aliphatic heterocycles. The lowest BCUT2D eigenvalue weighted by Gasteiger charge is -2.19. The number of phenolic OH excluding ortho intramolecular Hbond substituents is 1. The van der Waals surface area contributed by atoms with Crippen LogP contribution in [0.3, 0.4) is 0 Å². The molecule has 2 heterocycles. The normalized spacial score (nSPS) is 12.3. The van der Waals surface area contributed by atoms with Crippen LogP contribution in [0.1, 0.15) is 88.2 Å². The summed E-state index contributed by atoms with van der Waals surface area (Å²) in [5.74, 6) is 0.975. The lowest BCUT2D eigenvalue weighted by atomic mass is 10.0. The fourth-order valence-electron chi connectivity index (χ4n) is 5.88. The van der Waals surface area contributed by atoms with E-state index in [0.29, 0.717) is 28.5 Å². The van der Waals surface area contributed by atoms with Gasteiger partial charge in [-0.15, -0.1) is 0 Å². The van der Waals surface area contributed by atoms with Crippen molar-refractivity contribution >= 4 is 38.7 Å². The number of hydrogen-bond donors (Lipinski definition) is 3. The lowest BCUT2D eigenvalue weighted by molar-refractivity contribution is -0.123. The molecule has 2 aromatic heterocycles. The lowest BCUT2D eigenvalue weighted by Crippen LogP contribution is -2.33. The summed E-state index contributed by atoms with van der Waals surface area (Å²) >= 11 is 6.28. The van der Waals surface area contributed by atoms with Crippen molar-refractivity contribution in [3.8, 4) is 11.5 Å². The van der Waals surface area contributed by atoms with E-state index in [4.69, 9.17) is 16.3 Å². The molecule has 0 radical (unpaired) electrons. The monoisotopic (exact) mass is 719 g/mol. The van der Waals surface area contributed by atoms with Crippen LogP contribution in [-0.4, -0.2) is 45.3 Å². The number of carbonyl (C=O) groups excluding carboxylic acids is 1. The van der Waals surface area contributed by atoms with Gasteiger partial charge in [0.05, 0.1) is 15.5 Å². The highest BCUT2D eigenvalue weighted by molar-refractivity contribution is 7.91. The second-order valence-corrected chi connectivity index (χ2v) is 15.0. The maximum Gasteiger partial charge on any atom is 0.265 e. The number of phenols is 1. The molecule has 10 nitrogen and oxygen atoms in total. The molecule has 5 aromatic rings. The number of amides is 1. The summed E-state index contributed by atoms with van der Waals surface area (Å²) in [6.07, 6.45) is 11.3. The molecule has 0 fully saturated rings. The maximum absolute atomic E-state index is 13.5. The average Bonchev–Trinajstić information content (AvgIpc) is 3.64. The number of rotatable bonds is 19. The van der Waals surface area contributed by atoms with Crippen molar-refractivity contribution in [2.24, 2.45) is 0 Å². The van der Waals surface area contributed by atoms with Gasteiger partial charge in [0.2, 0.25) is 9.84 Å². The Morgan fingerprint density at radius 1 is 0.880 bits per heavy atom. The van der Waals surface area contributed by atoms with Gasteiger partial charge in [0, 0.05) is 12.1 Å². The van der Waals surface area contributed by atoms with Crippen molar-refractivity contribution in [2.45, 2.75) is 107 Å². The summed E-state index contributed by atoms with van der Waals surface area (Å²) in [6, 6.07) is 19.3. The Bertz CT molecular complexity index is 1940. The molecule has 266 valence electrons. The zero-order valence-corrected chi connectivity index (χ0v) is 30.3. The Hall–Kier alpha value is -4.35. The standard InChI is InChI=1S/C38H46ClN5O5S/c1-3-4-5-6-7-8-9-10-13-34(49-31-21-25-33(26-22-31)50(47,48)32-23-19-30(45)20-24-32)38(46)40-29-17-15-28(16-18-29)12-11-14-35-41-42-37-36(39)27(2)43-44(35)37/h15-26,34,42,45H,3-14H2,1-2H3,(H,40,46). The number of fused-ring (bicyclic) bond motifs is 1. The predicted octanol–water partition coefficient (Wildman–Crippen LogP) is 8.65. The van der Waals surface area contributed by atoms with Gasteiger partial charge in [-0.1, -0.05) is 75.6 Å². The number of ether oxygens (including phenoxy) is 1. The molecule has 5 rings (SSSR count). The molecule has 0 aliphatic carbocycles. The second-order valence-electron chi connectivity index (χ2n) is 12.7. The number of aromatic hydroxyl groups is 1. The van der Waals surface area contributed by atoms with E-state index in [0.717, 1.165) is 55.6 Å². The van der Waals surface area contributed by atoms with Crippen molar-refractivity contribution in [3.05, 3.63) is 94.9 Å². The number of benzene rings is 3. The van der Waals surface area contributed by atoms with Crippen LogP contribution in [0.2, 0.25) is 5.02 Å². The summed E-state index contributed by atoms with van der Waals surface area (Å²) in [5, 5.41) is 24.9. The van der Waals surface area contributed by atoms with Gasteiger partial charge in [0.15, 0.2) is 17.6 Å². The van der Waals surface area contributed by atoms with Gasteiger partial charge in [0.1, 0.15) is 16.5 Å². The highest BCUT2D eigenvalue weighted by atomic mass is 35.5. The van der Waals surface area contributed by atoms with Crippen LogP contribution in [0.5, 0.6) is 11.5 Å². The van der Waals surface area contributed by atoms with E-state index in [9.17, 15) is 18.3 Å². The number of carbonyl (C=O) groups is 1. The van der Waals surface area contributed by atoms with Crippen LogP contribution >= 0.6 is 11.6 Å². The number of aryl methyl sites for hydroxylation is 3. The van der Waals surface area contributed by atoms with Crippen LogP contribution < -0.4 is 10.1 Å². The zero-order valence-electron chi connectivity index (χ0n) is 28.7. The molecule has 12 heteroatoms. The number of anilines is 1. The fourth-order valence-corrected chi connectivity index (χ4v) is 7.30. The molecule has 1 unspecified atom stereocenters. The molecule has 50 heavy (non-hydrogen) atoms. The van der Waals surface area contributed by atoms with Crippen molar-refractivity contribution < 1.29 is 23.1 Å². The van der Waals surface area contributed by atoms with E-state index < -0.39 is 15.9 Å². The Morgan fingerprint density at radius 3 is 2.16 bits per heavy atom. The highest BCUT2D eigenvalue weighted by Crippen LogP contribution is 2.26. The topological polar surface area (TPSA) is 139 Å². The first-order valence-corrected chi connectivity index (χ1v) is 19.3. The molecule has 0 saturated carbocycles. The molecule has 0 aliphatic rings. The Morgan fingerprint density at radius 2 is 1.50 bits per heavy atom. The molecule has 3 N–H and O–H groups in total. The van der Waals surface area contributed by atoms with Crippen LogP contribution in [0, 0.1) is 6.92 Å². The Labute approximate surface area is 299 Å². The molecule has 0 saturated heterocycles. The van der Waals surface area contributed by atoms with Gasteiger partial charge in [-0.25, -0.2) is 8.42 Å².